The summed E-state index contributed by atoms with van der Waals surface area (Å²) in [7, 11) is 0. The minimum atomic E-state index is -1.10. The van der Waals surface area contributed by atoms with Crippen molar-refractivity contribution in [1.82, 2.24) is 9.38 Å². The third-order valence-electron chi connectivity index (χ3n) is 3.57. The van der Waals surface area contributed by atoms with E-state index in [-0.39, 0.29) is 16.3 Å². The van der Waals surface area contributed by atoms with Crippen molar-refractivity contribution in [2.45, 2.75) is 33.3 Å². The van der Waals surface area contributed by atoms with E-state index < -0.39 is 17.5 Å². The van der Waals surface area contributed by atoms with Crippen molar-refractivity contribution in [2.24, 2.45) is 0 Å². The molecule has 0 fully saturated rings. The molecule has 2 N–H and O–H groups in total. The standard InChI is InChI=1S/C18H18N2O5S/c1-9-14(20-10(16(22)23)6-5-7-13(20)19-9)12-8-11(21)15(26-12)17(24)25-18(2,3)4/h5-8,21H,1-4H3,(H,22,23). The third-order valence-corrected chi connectivity index (χ3v) is 4.68. The van der Waals surface area contributed by atoms with Crippen molar-refractivity contribution in [2.75, 3.05) is 0 Å². The van der Waals surface area contributed by atoms with Gasteiger partial charge in [0.05, 0.1) is 16.3 Å². The Bertz CT molecular complexity index is 1030. The van der Waals surface area contributed by atoms with E-state index in [1.807, 2.05) is 0 Å². The Labute approximate surface area is 153 Å². The number of pyridine rings is 1. The van der Waals surface area contributed by atoms with Crippen molar-refractivity contribution < 1.29 is 24.5 Å². The number of fused-ring (bicyclic) bond motifs is 1. The zero-order chi connectivity index (χ0) is 19.2. The summed E-state index contributed by atoms with van der Waals surface area (Å²) >= 11 is 1.04. The number of rotatable bonds is 3. The Morgan fingerprint density at radius 1 is 1.27 bits per heavy atom. The van der Waals surface area contributed by atoms with Gasteiger partial charge in [0.25, 0.3) is 0 Å². The molecule has 0 radical (unpaired) electrons. The fraction of sp³-hybridized carbons (Fsp3) is 0.278. The van der Waals surface area contributed by atoms with Crippen molar-refractivity contribution in [3.63, 3.8) is 0 Å². The molecule has 8 heteroatoms. The van der Waals surface area contributed by atoms with E-state index in [4.69, 9.17) is 4.74 Å². The lowest BCUT2D eigenvalue weighted by Gasteiger charge is -2.18. The van der Waals surface area contributed by atoms with Gasteiger partial charge in [0.2, 0.25) is 0 Å². The number of aryl methyl sites for hydroxylation is 1. The number of imidazole rings is 1. The van der Waals surface area contributed by atoms with Crippen LogP contribution in [-0.4, -0.2) is 37.1 Å². The molecular formula is C18H18N2O5S. The number of thiophene rings is 1. The monoisotopic (exact) mass is 374 g/mol. The Morgan fingerprint density at radius 3 is 2.58 bits per heavy atom. The minimum Gasteiger partial charge on any atom is -0.506 e. The van der Waals surface area contributed by atoms with Crippen LogP contribution in [0.5, 0.6) is 5.75 Å². The molecule has 136 valence electrons. The highest BCUT2D eigenvalue weighted by Crippen LogP contribution is 2.38. The van der Waals surface area contributed by atoms with Gasteiger partial charge in [0.15, 0.2) is 4.88 Å². The van der Waals surface area contributed by atoms with Gasteiger partial charge >= 0.3 is 11.9 Å². The van der Waals surface area contributed by atoms with Crippen LogP contribution in [0.25, 0.3) is 16.2 Å². The first kappa shape index (κ1) is 17.9. The summed E-state index contributed by atoms with van der Waals surface area (Å²) < 4.78 is 6.81. The Balaban J connectivity index is 2.17. The number of ether oxygens (including phenoxy) is 1. The van der Waals surface area contributed by atoms with Crippen LogP contribution in [0, 0.1) is 6.92 Å². The topological polar surface area (TPSA) is 101 Å². The summed E-state index contributed by atoms with van der Waals surface area (Å²) in [5, 5.41) is 19.7. The van der Waals surface area contributed by atoms with Gasteiger partial charge in [-0.1, -0.05) is 6.07 Å². The number of aromatic hydroxyl groups is 1. The molecule has 0 amide bonds. The van der Waals surface area contributed by atoms with Crippen LogP contribution in [0.1, 0.15) is 46.6 Å². The number of hydrogen-bond donors (Lipinski definition) is 2. The normalized spacial score (nSPS) is 11.7. The van der Waals surface area contributed by atoms with Crippen LogP contribution in [0.2, 0.25) is 0 Å². The van der Waals surface area contributed by atoms with Crippen molar-refractivity contribution in [3.8, 4) is 16.3 Å². The number of carbonyl (C=O) groups is 2. The average molecular weight is 374 g/mol. The number of nitrogens with zero attached hydrogens (tertiary/aromatic N) is 2. The third kappa shape index (κ3) is 3.15. The number of carbonyl (C=O) groups excluding carboxylic acids is 1. The van der Waals surface area contributed by atoms with Crippen LogP contribution in [0.15, 0.2) is 24.3 Å². The zero-order valence-electron chi connectivity index (χ0n) is 14.7. The largest absolute Gasteiger partial charge is 0.506 e. The number of esters is 1. The van der Waals surface area contributed by atoms with Crippen molar-refractivity contribution in [1.29, 1.82) is 0 Å². The van der Waals surface area contributed by atoms with Crippen LogP contribution in [0.4, 0.5) is 0 Å². The molecule has 0 aliphatic rings. The molecule has 0 bridgehead atoms. The first-order valence-corrected chi connectivity index (χ1v) is 8.68. The van der Waals surface area contributed by atoms with Crippen molar-refractivity contribution >= 4 is 28.9 Å². The molecule has 0 unspecified atom stereocenters. The predicted molar refractivity (Wildman–Crippen MR) is 97.0 cm³/mol. The molecule has 0 aromatic carbocycles. The van der Waals surface area contributed by atoms with Gasteiger partial charge in [-0.3, -0.25) is 4.40 Å². The highest BCUT2D eigenvalue weighted by atomic mass is 32.1. The Kier molecular flexibility index (Phi) is 4.23. The van der Waals surface area contributed by atoms with Gasteiger partial charge in [0, 0.05) is 6.07 Å². The molecule has 0 aliphatic heterocycles. The van der Waals surface area contributed by atoms with Gasteiger partial charge in [-0.25, -0.2) is 14.6 Å². The minimum absolute atomic E-state index is 0.0461. The highest BCUT2D eigenvalue weighted by molar-refractivity contribution is 7.17. The first-order valence-electron chi connectivity index (χ1n) is 7.86. The molecule has 0 atom stereocenters. The lowest BCUT2D eigenvalue weighted by Crippen LogP contribution is -2.23. The second kappa shape index (κ2) is 6.14. The number of aromatic nitrogens is 2. The fourth-order valence-corrected chi connectivity index (χ4v) is 3.65. The average Bonchev–Trinajstić information content (AvgIpc) is 3.03. The molecular weight excluding hydrogens is 356 g/mol. The maximum Gasteiger partial charge on any atom is 0.352 e. The van der Waals surface area contributed by atoms with Crippen LogP contribution < -0.4 is 0 Å². The number of hydrogen-bond acceptors (Lipinski definition) is 6. The molecule has 7 nitrogen and oxygen atoms in total. The summed E-state index contributed by atoms with van der Waals surface area (Å²) in [6.07, 6.45) is 0. The molecule has 3 aromatic heterocycles. The fourth-order valence-electron chi connectivity index (χ4n) is 2.63. The van der Waals surface area contributed by atoms with Gasteiger partial charge in [0.1, 0.15) is 22.7 Å². The SMILES string of the molecule is Cc1nc2cccc(C(=O)O)n2c1-c1cc(O)c(C(=O)OC(C)(C)C)s1. The highest BCUT2D eigenvalue weighted by Gasteiger charge is 2.26. The summed E-state index contributed by atoms with van der Waals surface area (Å²) in [5.41, 5.74) is 0.946. The molecule has 3 heterocycles. The lowest BCUT2D eigenvalue weighted by atomic mass is 10.2. The van der Waals surface area contributed by atoms with Crippen LogP contribution in [-0.2, 0) is 4.74 Å². The Hall–Kier alpha value is -2.87. The second-order valence-corrected chi connectivity index (χ2v) is 7.83. The zero-order valence-corrected chi connectivity index (χ0v) is 15.5. The van der Waals surface area contributed by atoms with E-state index >= 15 is 0 Å². The molecule has 3 rings (SSSR count). The molecule has 0 aliphatic carbocycles. The van der Waals surface area contributed by atoms with Gasteiger partial charge in [-0.05, 0) is 39.8 Å². The molecule has 0 saturated carbocycles. The molecule has 26 heavy (non-hydrogen) atoms. The van der Waals surface area contributed by atoms with Crippen LogP contribution >= 0.6 is 11.3 Å². The molecule has 3 aromatic rings. The number of carboxylic acid groups (broad SMARTS) is 1. The van der Waals surface area contributed by atoms with Gasteiger partial charge in [-0.2, -0.15) is 0 Å². The molecule has 0 spiro atoms. The summed E-state index contributed by atoms with van der Waals surface area (Å²) in [6, 6.07) is 6.22. The smallest absolute Gasteiger partial charge is 0.352 e. The first-order chi connectivity index (χ1) is 12.1. The quantitative estimate of drug-likeness (QED) is 0.678. The summed E-state index contributed by atoms with van der Waals surface area (Å²) in [6.45, 7) is 6.97. The number of carboxylic acids is 1. The summed E-state index contributed by atoms with van der Waals surface area (Å²) in [5.74, 6) is -1.93. The number of aromatic carboxylic acids is 1. The van der Waals surface area contributed by atoms with Crippen molar-refractivity contribution in [3.05, 3.63) is 40.5 Å². The van der Waals surface area contributed by atoms with E-state index in [9.17, 15) is 19.8 Å². The van der Waals surface area contributed by atoms with Gasteiger partial charge in [-0.15, -0.1) is 11.3 Å². The van der Waals surface area contributed by atoms with E-state index in [1.165, 1.54) is 16.5 Å². The van der Waals surface area contributed by atoms with E-state index in [1.54, 1.807) is 39.8 Å². The van der Waals surface area contributed by atoms with E-state index in [0.29, 0.717) is 21.9 Å². The van der Waals surface area contributed by atoms with Gasteiger partial charge < -0.3 is 14.9 Å². The molecule has 0 saturated heterocycles. The summed E-state index contributed by atoms with van der Waals surface area (Å²) in [4.78, 5) is 28.9. The maximum atomic E-state index is 12.3. The van der Waals surface area contributed by atoms with Crippen LogP contribution in [0.3, 0.4) is 0 Å². The van der Waals surface area contributed by atoms with E-state index in [0.717, 1.165) is 11.3 Å². The Morgan fingerprint density at radius 2 is 1.96 bits per heavy atom. The maximum absolute atomic E-state index is 12.3. The van der Waals surface area contributed by atoms with E-state index in [2.05, 4.69) is 4.98 Å². The second-order valence-electron chi connectivity index (χ2n) is 6.78. The predicted octanol–water partition coefficient (Wildman–Crippen LogP) is 3.73. The lowest BCUT2D eigenvalue weighted by molar-refractivity contribution is 0.00726.